The van der Waals surface area contributed by atoms with Crippen LogP contribution in [0.3, 0.4) is 0 Å². The van der Waals surface area contributed by atoms with E-state index in [4.69, 9.17) is 0 Å². The average Bonchev–Trinajstić information content (AvgIpc) is 3.03. The molecule has 3 rings (SSSR count). The summed E-state index contributed by atoms with van der Waals surface area (Å²) in [6.45, 7) is 6.93. The molecule has 1 aliphatic heterocycles. The maximum absolute atomic E-state index is 12.3. The van der Waals surface area contributed by atoms with Crippen molar-refractivity contribution in [2.24, 2.45) is 5.41 Å². The van der Waals surface area contributed by atoms with Gasteiger partial charge >= 0.3 is 0 Å². The number of aryl methyl sites for hydroxylation is 1. The second-order valence-electron chi connectivity index (χ2n) is 6.63. The van der Waals surface area contributed by atoms with Gasteiger partial charge in [0.15, 0.2) is 5.69 Å². The van der Waals surface area contributed by atoms with Gasteiger partial charge in [-0.2, -0.15) is 0 Å². The number of nitrogens with one attached hydrogen (secondary N) is 2. The summed E-state index contributed by atoms with van der Waals surface area (Å²) < 4.78 is 1.63. The van der Waals surface area contributed by atoms with Crippen molar-refractivity contribution in [3.8, 4) is 5.69 Å². The lowest BCUT2D eigenvalue weighted by Crippen LogP contribution is -2.43. The van der Waals surface area contributed by atoms with E-state index < -0.39 is 0 Å². The van der Waals surface area contributed by atoms with Crippen molar-refractivity contribution in [1.29, 1.82) is 0 Å². The summed E-state index contributed by atoms with van der Waals surface area (Å²) in [5.74, 6) is -0.163. The van der Waals surface area contributed by atoms with Crippen LogP contribution in [0.25, 0.3) is 5.69 Å². The Labute approximate surface area is 136 Å². The Hall–Kier alpha value is -2.21. The summed E-state index contributed by atoms with van der Waals surface area (Å²) in [6.07, 6.45) is 3.82. The van der Waals surface area contributed by atoms with Gasteiger partial charge in [0, 0.05) is 6.54 Å². The first-order valence-corrected chi connectivity index (χ1v) is 8.04. The van der Waals surface area contributed by atoms with Crippen LogP contribution in [0.15, 0.2) is 30.5 Å². The number of hydrogen-bond donors (Lipinski definition) is 2. The molecule has 0 spiro atoms. The van der Waals surface area contributed by atoms with Crippen molar-refractivity contribution >= 4 is 5.91 Å². The minimum atomic E-state index is -0.163. The number of aromatic nitrogens is 3. The summed E-state index contributed by atoms with van der Waals surface area (Å²) in [5.41, 5.74) is 2.56. The number of carbonyl (C=O) groups is 1. The fourth-order valence-electron chi connectivity index (χ4n) is 2.86. The second-order valence-corrected chi connectivity index (χ2v) is 6.63. The summed E-state index contributed by atoms with van der Waals surface area (Å²) in [6, 6.07) is 7.93. The highest BCUT2D eigenvalue weighted by molar-refractivity contribution is 5.91. The van der Waals surface area contributed by atoms with Crippen molar-refractivity contribution in [2.45, 2.75) is 26.7 Å². The zero-order valence-corrected chi connectivity index (χ0v) is 13.7. The molecule has 1 aromatic heterocycles. The van der Waals surface area contributed by atoms with Crippen molar-refractivity contribution in [3.63, 3.8) is 0 Å². The monoisotopic (exact) mass is 313 g/mol. The maximum atomic E-state index is 12.3. The molecule has 1 saturated heterocycles. The topological polar surface area (TPSA) is 71.8 Å². The van der Waals surface area contributed by atoms with Crippen LogP contribution in [0.2, 0.25) is 0 Å². The molecule has 2 N–H and O–H groups in total. The van der Waals surface area contributed by atoms with Crippen molar-refractivity contribution in [3.05, 3.63) is 41.7 Å². The van der Waals surface area contributed by atoms with Crippen molar-refractivity contribution in [1.82, 2.24) is 25.6 Å². The molecule has 2 aromatic rings. The fraction of sp³-hybridized carbons (Fsp3) is 0.471. The van der Waals surface area contributed by atoms with Gasteiger partial charge in [-0.05, 0) is 56.0 Å². The third kappa shape index (κ3) is 3.76. The number of piperidine rings is 1. The molecule has 0 radical (unpaired) electrons. The van der Waals surface area contributed by atoms with Gasteiger partial charge in [0.05, 0.1) is 11.9 Å². The molecular formula is C17H23N5O. The molecule has 23 heavy (non-hydrogen) atoms. The second kappa shape index (κ2) is 6.50. The lowest BCUT2D eigenvalue weighted by Gasteiger charge is -2.33. The molecular weight excluding hydrogens is 290 g/mol. The van der Waals surface area contributed by atoms with Crippen LogP contribution in [0, 0.1) is 12.3 Å². The molecule has 2 heterocycles. The Balaban J connectivity index is 1.64. The summed E-state index contributed by atoms with van der Waals surface area (Å²) in [4.78, 5) is 12.3. The van der Waals surface area contributed by atoms with Crippen LogP contribution in [-0.4, -0.2) is 40.5 Å². The predicted molar refractivity (Wildman–Crippen MR) is 88.6 cm³/mol. The summed E-state index contributed by atoms with van der Waals surface area (Å²) in [7, 11) is 0. The normalized spacial score (nSPS) is 17.0. The van der Waals surface area contributed by atoms with E-state index in [1.54, 1.807) is 10.9 Å². The Bertz CT molecular complexity index is 688. The van der Waals surface area contributed by atoms with Crippen LogP contribution >= 0.6 is 0 Å². The number of carbonyl (C=O) groups excluding carboxylic acids is 1. The van der Waals surface area contributed by atoms with Crippen LogP contribution in [-0.2, 0) is 0 Å². The third-order valence-corrected chi connectivity index (χ3v) is 4.48. The highest BCUT2D eigenvalue weighted by Gasteiger charge is 2.27. The molecule has 0 atom stereocenters. The van der Waals surface area contributed by atoms with E-state index in [1.807, 2.05) is 31.2 Å². The van der Waals surface area contributed by atoms with Gasteiger partial charge in [0.1, 0.15) is 0 Å². The van der Waals surface area contributed by atoms with Gasteiger partial charge in [-0.25, -0.2) is 4.68 Å². The lowest BCUT2D eigenvalue weighted by molar-refractivity contribution is 0.0917. The highest BCUT2D eigenvalue weighted by Crippen LogP contribution is 2.26. The van der Waals surface area contributed by atoms with Gasteiger partial charge in [-0.15, -0.1) is 5.10 Å². The summed E-state index contributed by atoms with van der Waals surface area (Å²) in [5, 5.41) is 14.4. The Morgan fingerprint density at radius 2 is 2.17 bits per heavy atom. The molecule has 6 heteroatoms. The van der Waals surface area contributed by atoms with Crippen LogP contribution in [0.5, 0.6) is 0 Å². The predicted octanol–water partition coefficient (Wildman–Crippen LogP) is 1.70. The van der Waals surface area contributed by atoms with Gasteiger partial charge < -0.3 is 10.6 Å². The van der Waals surface area contributed by atoms with E-state index in [0.717, 1.165) is 37.2 Å². The molecule has 1 aromatic carbocycles. The first kappa shape index (κ1) is 15.7. The largest absolute Gasteiger partial charge is 0.350 e. The third-order valence-electron chi connectivity index (χ3n) is 4.48. The molecule has 0 saturated carbocycles. The number of amides is 1. The number of benzene rings is 1. The van der Waals surface area contributed by atoms with E-state index >= 15 is 0 Å². The fourth-order valence-corrected chi connectivity index (χ4v) is 2.86. The molecule has 1 amide bonds. The molecule has 1 aliphatic rings. The van der Waals surface area contributed by atoms with Crippen molar-refractivity contribution in [2.75, 3.05) is 19.6 Å². The Kier molecular flexibility index (Phi) is 4.43. The van der Waals surface area contributed by atoms with E-state index in [2.05, 4.69) is 27.9 Å². The molecule has 0 bridgehead atoms. The van der Waals surface area contributed by atoms with E-state index in [9.17, 15) is 4.79 Å². The lowest BCUT2D eigenvalue weighted by atomic mass is 9.81. The standard InChI is InChI=1S/C17H23N5O/c1-13-4-3-5-14(10-13)22-11-15(20-21-22)16(23)19-12-17(2)6-8-18-9-7-17/h3-5,10-11,18H,6-9,12H2,1-2H3,(H,19,23). The van der Waals surface area contributed by atoms with E-state index in [-0.39, 0.29) is 11.3 Å². The number of hydrogen-bond acceptors (Lipinski definition) is 4. The van der Waals surface area contributed by atoms with E-state index in [0.29, 0.717) is 12.2 Å². The SMILES string of the molecule is Cc1cccc(-n2cc(C(=O)NCC3(C)CCNCC3)nn2)c1. The number of nitrogens with zero attached hydrogens (tertiary/aromatic N) is 3. The van der Waals surface area contributed by atoms with Crippen LogP contribution < -0.4 is 10.6 Å². The minimum absolute atomic E-state index is 0.160. The number of rotatable bonds is 4. The molecule has 0 unspecified atom stereocenters. The smallest absolute Gasteiger partial charge is 0.273 e. The molecule has 6 nitrogen and oxygen atoms in total. The van der Waals surface area contributed by atoms with E-state index in [1.165, 1.54) is 0 Å². The quantitative estimate of drug-likeness (QED) is 0.901. The zero-order valence-electron chi connectivity index (χ0n) is 13.7. The first-order chi connectivity index (χ1) is 11.1. The average molecular weight is 313 g/mol. The summed E-state index contributed by atoms with van der Waals surface area (Å²) >= 11 is 0. The Morgan fingerprint density at radius 3 is 2.91 bits per heavy atom. The van der Waals surface area contributed by atoms with Crippen LogP contribution in [0.4, 0.5) is 0 Å². The van der Waals surface area contributed by atoms with Crippen LogP contribution in [0.1, 0.15) is 35.8 Å². The zero-order chi connectivity index (χ0) is 16.3. The van der Waals surface area contributed by atoms with Gasteiger partial charge in [-0.3, -0.25) is 4.79 Å². The first-order valence-electron chi connectivity index (χ1n) is 8.04. The maximum Gasteiger partial charge on any atom is 0.273 e. The van der Waals surface area contributed by atoms with Gasteiger partial charge in [0.2, 0.25) is 0 Å². The minimum Gasteiger partial charge on any atom is -0.350 e. The van der Waals surface area contributed by atoms with Gasteiger partial charge in [-0.1, -0.05) is 24.3 Å². The van der Waals surface area contributed by atoms with Crippen molar-refractivity contribution < 1.29 is 4.79 Å². The molecule has 0 aliphatic carbocycles. The molecule has 122 valence electrons. The molecule has 1 fully saturated rings. The highest BCUT2D eigenvalue weighted by atomic mass is 16.2. The Morgan fingerprint density at radius 1 is 1.39 bits per heavy atom. The van der Waals surface area contributed by atoms with Gasteiger partial charge in [0.25, 0.3) is 5.91 Å².